The number of carbonyl (C=O) groups is 1. The van der Waals surface area contributed by atoms with Gasteiger partial charge in [-0.1, -0.05) is 35.9 Å². The number of nitrogens with zero attached hydrogens (tertiary/aromatic N) is 4. The summed E-state index contributed by atoms with van der Waals surface area (Å²) in [7, 11) is 0. The van der Waals surface area contributed by atoms with Crippen LogP contribution < -0.4 is 15.1 Å². The maximum Gasteiger partial charge on any atom is 0.258 e. The maximum absolute atomic E-state index is 12.5. The molecule has 0 atom stereocenters. The molecule has 6 heteroatoms. The van der Waals surface area contributed by atoms with Crippen molar-refractivity contribution in [2.24, 2.45) is 0 Å². The van der Waals surface area contributed by atoms with Crippen LogP contribution in [-0.4, -0.2) is 42.1 Å². The van der Waals surface area contributed by atoms with E-state index >= 15 is 0 Å². The summed E-state index contributed by atoms with van der Waals surface area (Å²) in [5.74, 6) is 0.471. The van der Waals surface area contributed by atoms with Crippen LogP contribution in [0.25, 0.3) is 0 Å². The quantitative estimate of drug-likeness (QED) is 0.740. The molecule has 2 aromatic carbocycles. The molecule has 4 rings (SSSR count). The van der Waals surface area contributed by atoms with Gasteiger partial charge in [-0.15, -0.1) is 0 Å². The molecular formula is C23H25N5O. The van der Waals surface area contributed by atoms with Crippen molar-refractivity contribution < 1.29 is 4.79 Å². The second-order valence-electron chi connectivity index (χ2n) is 7.35. The zero-order valence-electron chi connectivity index (χ0n) is 16.8. The Labute approximate surface area is 171 Å². The summed E-state index contributed by atoms with van der Waals surface area (Å²) in [5, 5.41) is 2.94. The Morgan fingerprint density at radius 2 is 1.55 bits per heavy atom. The van der Waals surface area contributed by atoms with Gasteiger partial charge in [0.25, 0.3) is 5.91 Å². The maximum atomic E-state index is 12.5. The first-order valence-corrected chi connectivity index (χ1v) is 9.86. The van der Waals surface area contributed by atoms with Gasteiger partial charge in [-0.05, 0) is 37.6 Å². The molecule has 0 bridgehead atoms. The van der Waals surface area contributed by atoms with Crippen LogP contribution in [0.15, 0.2) is 60.9 Å². The van der Waals surface area contributed by atoms with E-state index < -0.39 is 0 Å². The van der Waals surface area contributed by atoms with E-state index in [9.17, 15) is 4.79 Å². The van der Waals surface area contributed by atoms with Gasteiger partial charge in [0.15, 0.2) is 0 Å². The van der Waals surface area contributed by atoms with Gasteiger partial charge in [-0.25, -0.2) is 9.97 Å². The highest BCUT2D eigenvalue weighted by atomic mass is 16.1. The van der Waals surface area contributed by atoms with E-state index in [0.29, 0.717) is 11.5 Å². The van der Waals surface area contributed by atoms with E-state index in [4.69, 9.17) is 0 Å². The van der Waals surface area contributed by atoms with Crippen molar-refractivity contribution in [3.05, 3.63) is 77.6 Å². The molecule has 1 aromatic heterocycles. The zero-order valence-corrected chi connectivity index (χ0v) is 16.8. The average Bonchev–Trinajstić information content (AvgIpc) is 2.76. The molecular weight excluding hydrogens is 362 g/mol. The van der Waals surface area contributed by atoms with Crippen molar-refractivity contribution in [1.29, 1.82) is 0 Å². The summed E-state index contributed by atoms with van der Waals surface area (Å²) in [6.45, 7) is 7.55. The molecule has 1 aliphatic rings. The van der Waals surface area contributed by atoms with E-state index in [1.165, 1.54) is 11.3 Å². The first-order valence-electron chi connectivity index (χ1n) is 9.86. The van der Waals surface area contributed by atoms with Crippen LogP contribution in [-0.2, 0) is 0 Å². The number of para-hydroxylation sites is 1. The van der Waals surface area contributed by atoms with Gasteiger partial charge in [-0.3, -0.25) is 4.79 Å². The van der Waals surface area contributed by atoms with Crippen LogP contribution >= 0.6 is 0 Å². The second-order valence-corrected chi connectivity index (χ2v) is 7.35. The van der Waals surface area contributed by atoms with E-state index in [2.05, 4.69) is 49.4 Å². The van der Waals surface area contributed by atoms with Gasteiger partial charge >= 0.3 is 0 Å². The lowest BCUT2D eigenvalue weighted by atomic mass is 10.1. The van der Waals surface area contributed by atoms with Crippen LogP contribution in [0.3, 0.4) is 0 Å². The number of carbonyl (C=O) groups excluding carboxylic acids is 1. The van der Waals surface area contributed by atoms with Gasteiger partial charge in [0.05, 0.1) is 5.56 Å². The lowest BCUT2D eigenvalue weighted by molar-refractivity contribution is 0.102. The molecule has 1 amide bonds. The van der Waals surface area contributed by atoms with Crippen LogP contribution in [0.1, 0.15) is 21.5 Å². The topological polar surface area (TPSA) is 61.4 Å². The Bertz CT molecular complexity index is 980. The van der Waals surface area contributed by atoms with Gasteiger partial charge < -0.3 is 15.1 Å². The molecule has 6 nitrogen and oxygen atoms in total. The van der Waals surface area contributed by atoms with Crippen molar-refractivity contribution in [3.8, 4) is 0 Å². The lowest BCUT2D eigenvalue weighted by Crippen LogP contribution is -2.47. The summed E-state index contributed by atoms with van der Waals surface area (Å²) >= 11 is 0. The van der Waals surface area contributed by atoms with E-state index in [1.54, 1.807) is 12.4 Å². The minimum Gasteiger partial charge on any atom is -0.368 e. The molecule has 148 valence electrons. The van der Waals surface area contributed by atoms with Crippen LogP contribution in [0, 0.1) is 13.8 Å². The Kier molecular flexibility index (Phi) is 5.42. The SMILES string of the molecule is Cc1ccc(NC(=O)c2cnc(N3CCN(c4ccccc4)CC3)nc2)c(C)c1. The Hall–Kier alpha value is -3.41. The van der Waals surface area contributed by atoms with E-state index in [1.807, 2.05) is 38.1 Å². The largest absolute Gasteiger partial charge is 0.368 e. The first kappa shape index (κ1) is 18.9. The van der Waals surface area contributed by atoms with Crippen molar-refractivity contribution in [2.75, 3.05) is 41.3 Å². The predicted molar refractivity (Wildman–Crippen MR) is 117 cm³/mol. The Morgan fingerprint density at radius 3 is 2.21 bits per heavy atom. The third kappa shape index (κ3) is 4.37. The summed E-state index contributed by atoms with van der Waals surface area (Å²) in [4.78, 5) is 25.9. The number of hydrogen-bond donors (Lipinski definition) is 1. The van der Waals surface area contributed by atoms with Crippen molar-refractivity contribution in [2.45, 2.75) is 13.8 Å². The zero-order chi connectivity index (χ0) is 20.2. The van der Waals surface area contributed by atoms with Crippen molar-refractivity contribution in [3.63, 3.8) is 0 Å². The fourth-order valence-corrected chi connectivity index (χ4v) is 3.55. The molecule has 2 heterocycles. The third-order valence-corrected chi connectivity index (χ3v) is 5.21. The Balaban J connectivity index is 1.37. The van der Waals surface area contributed by atoms with Crippen molar-refractivity contribution in [1.82, 2.24) is 9.97 Å². The number of aryl methyl sites for hydroxylation is 2. The molecule has 0 saturated carbocycles. The smallest absolute Gasteiger partial charge is 0.258 e. The molecule has 29 heavy (non-hydrogen) atoms. The molecule has 1 saturated heterocycles. The number of anilines is 3. The summed E-state index contributed by atoms with van der Waals surface area (Å²) < 4.78 is 0. The fourth-order valence-electron chi connectivity index (χ4n) is 3.55. The highest BCUT2D eigenvalue weighted by molar-refractivity contribution is 6.04. The summed E-state index contributed by atoms with van der Waals surface area (Å²) in [6, 6.07) is 16.4. The lowest BCUT2D eigenvalue weighted by Gasteiger charge is -2.36. The van der Waals surface area contributed by atoms with Crippen LogP contribution in [0.2, 0.25) is 0 Å². The molecule has 3 aromatic rings. The number of piperazine rings is 1. The van der Waals surface area contributed by atoms with Gasteiger partial charge in [0, 0.05) is 49.9 Å². The van der Waals surface area contributed by atoms with Crippen LogP contribution in [0.4, 0.5) is 17.3 Å². The number of amides is 1. The minimum atomic E-state index is -0.197. The van der Waals surface area contributed by atoms with Crippen LogP contribution in [0.5, 0.6) is 0 Å². The molecule has 0 spiro atoms. The van der Waals surface area contributed by atoms with Gasteiger partial charge in [-0.2, -0.15) is 0 Å². The average molecular weight is 387 g/mol. The number of aromatic nitrogens is 2. The third-order valence-electron chi connectivity index (χ3n) is 5.21. The molecule has 1 N–H and O–H groups in total. The highest BCUT2D eigenvalue weighted by Crippen LogP contribution is 2.19. The Morgan fingerprint density at radius 1 is 0.897 bits per heavy atom. The molecule has 1 fully saturated rings. The number of benzene rings is 2. The summed E-state index contributed by atoms with van der Waals surface area (Å²) in [6.07, 6.45) is 3.20. The fraction of sp³-hybridized carbons (Fsp3) is 0.261. The minimum absolute atomic E-state index is 0.197. The highest BCUT2D eigenvalue weighted by Gasteiger charge is 2.19. The number of rotatable bonds is 4. The second kappa shape index (κ2) is 8.31. The molecule has 0 aliphatic carbocycles. The molecule has 1 aliphatic heterocycles. The number of hydrogen-bond acceptors (Lipinski definition) is 5. The summed E-state index contributed by atoms with van der Waals surface area (Å²) in [5.41, 5.74) is 4.71. The number of nitrogens with one attached hydrogen (secondary N) is 1. The standard InChI is InChI=1S/C23H25N5O/c1-17-8-9-21(18(2)14-17)26-22(29)19-15-24-23(25-16-19)28-12-10-27(11-13-28)20-6-4-3-5-7-20/h3-9,14-16H,10-13H2,1-2H3,(H,26,29). The molecule has 0 radical (unpaired) electrons. The van der Waals surface area contributed by atoms with Gasteiger partial charge in [0.2, 0.25) is 5.95 Å². The van der Waals surface area contributed by atoms with Crippen molar-refractivity contribution >= 4 is 23.2 Å². The first-order chi connectivity index (χ1) is 14.1. The van der Waals surface area contributed by atoms with E-state index in [-0.39, 0.29) is 5.91 Å². The van der Waals surface area contributed by atoms with Gasteiger partial charge in [0.1, 0.15) is 0 Å². The normalized spacial score (nSPS) is 14.0. The van der Waals surface area contributed by atoms with E-state index in [0.717, 1.165) is 37.4 Å². The monoisotopic (exact) mass is 387 g/mol. The molecule has 0 unspecified atom stereocenters. The predicted octanol–water partition coefficient (Wildman–Crippen LogP) is 3.67.